The lowest BCUT2D eigenvalue weighted by Gasteiger charge is -2.19. The number of nitrogens with zero attached hydrogens (tertiary/aromatic N) is 5. The van der Waals surface area contributed by atoms with Gasteiger partial charge >= 0.3 is 5.69 Å². The van der Waals surface area contributed by atoms with Crippen molar-refractivity contribution in [2.24, 2.45) is 10.8 Å². The van der Waals surface area contributed by atoms with Gasteiger partial charge in [0.05, 0.1) is 16.8 Å². The minimum Gasteiger partial charge on any atom is -0.394 e. The second kappa shape index (κ2) is 10.5. The first-order valence-electron chi connectivity index (χ1n) is 9.10. The Morgan fingerprint density at radius 1 is 0.933 bits per heavy atom. The molecule has 0 aliphatic carbocycles. The average Bonchev–Trinajstić information content (AvgIpc) is 2.60. The van der Waals surface area contributed by atoms with Gasteiger partial charge in [0.1, 0.15) is 6.20 Å². The van der Waals surface area contributed by atoms with E-state index in [1.807, 2.05) is 20.8 Å². The van der Waals surface area contributed by atoms with Crippen LogP contribution in [0.4, 0.5) is 23.0 Å². The Labute approximate surface area is 186 Å². The monoisotopic (exact) mass is 458 g/mol. The average molecular weight is 459 g/mol. The molecule has 0 amide bonds. The van der Waals surface area contributed by atoms with E-state index in [0.29, 0.717) is 18.1 Å². The van der Waals surface area contributed by atoms with Crippen LogP contribution < -0.4 is 16.4 Å². The number of halogens is 2. The van der Waals surface area contributed by atoms with E-state index in [4.69, 9.17) is 28.9 Å². The molecule has 0 radical (unpaired) electrons. The van der Waals surface area contributed by atoms with Crippen LogP contribution in [0.15, 0.2) is 12.4 Å². The van der Waals surface area contributed by atoms with Crippen LogP contribution in [0.25, 0.3) is 0 Å². The summed E-state index contributed by atoms with van der Waals surface area (Å²) in [6.07, 6.45) is 2.60. The predicted octanol–water partition coefficient (Wildman–Crippen LogP) is 4.67. The fourth-order valence-corrected chi connectivity index (χ4v) is 2.09. The number of hydrogen-bond acceptors (Lipinski definition) is 9. The van der Waals surface area contributed by atoms with Gasteiger partial charge in [-0.15, -0.1) is 0 Å². The van der Waals surface area contributed by atoms with Gasteiger partial charge in [-0.1, -0.05) is 41.5 Å². The lowest BCUT2D eigenvalue weighted by atomic mass is 9.97. The molecular weight excluding hydrogens is 431 g/mol. The third kappa shape index (κ3) is 9.84. The minimum absolute atomic E-state index is 0.00864. The SMILES string of the molecule is CC(C)(C)CNc1nc(Cl)ncc1N.CC(C)(C)CNc1nc(Cl)ncc1[N+](=O)[O-]. The largest absolute Gasteiger partial charge is 0.394 e. The topological polar surface area (TPSA) is 145 Å². The first-order chi connectivity index (χ1) is 13.7. The van der Waals surface area contributed by atoms with Crippen molar-refractivity contribution in [3.8, 4) is 0 Å². The van der Waals surface area contributed by atoms with E-state index >= 15 is 0 Å². The maximum absolute atomic E-state index is 10.7. The molecule has 166 valence electrons. The third-order valence-electron chi connectivity index (χ3n) is 3.30. The summed E-state index contributed by atoms with van der Waals surface area (Å²) in [4.78, 5) is 25.3. The zero-order valence-corrected chi connectivity index (χ0v) is 19.5. The molecule has 0 atom stereocenters. The first-order valence-corrected chi connectivity index (χ1v) is 9.86. The molecule has 0 aromatic carbocycles. The molecule has 2 aromatic heterocycles. The lowest BCUT2D eigenvalue weighted by Crippen LogP contribution is -2.20. The van der Waals surface area contributed by atoms with Gasteiger partial charge in [0.15, 0.2) is 5.82 Å². The Hall–Kier alpha value is -2.46. The summed E-state index contributed by atoms with van der Waals surface area (Å²) in [6, 6.07) is 0. The number of nitrogen functional groups attached to an aromatic ring is 1. The summed E-state index contributed by atoms with van der Waals surface area (Å²) >= 11 is 11.2. The van der Waals surface area contributed by atoms with Crippen molar-refractivity contribution in [2.75, 3.05) is 29.5 Å². The molecule has 12 heteroatoms. The molecule has 0 aliphatic rings. The molecule has 2 rings (SSSR count). The van der Waals surface area contributed by atoms with Gasteiger partial charge in [-0.2, -0.15) is 9.97 Å². The van der Waals surface area contributed by atoms with Crippen molar-refractivity contribution in [2.45, 2.75) is 41.5 Å². The van der Waals surface area contributed by atoms with Gasteiger partial charge < -0.3 is 16.4 Å². The maximum Gasteiger partial charge on any atom is 0.329 e. The first kappa shape index (κ1) is 25.6. The molecule has 0 bridgehead atoms. The van der Waals surface area contributed by atoms with Crippen LogP contribution in [-0.4, -0.2) is 37.9 Å². The molecule has 30 heavy (non-hydrogen) atoms. The van der Waals surface area contributed by atoms with Crippen LogP contribution in [-0.2, 0) is 0 Å². The van der Waals surface area contributed by atoms with E-state index in [0.717, 1.165) is 12.7 Å². The zero-order valence-electron chi connectivity index (χ0n) is 18.0. The highest BCUT2D eigenvalue weighted by Gasteiger charge is 2.19. The fraction of sp³-hybridized carbons (Fsp3) is 0.556. The molecule has 4 N–H and O–H groups in total. The van der Waals surface area contributed by atoms with E-state index in [1.165, 1.54) is 6.20 Å². The summed E-state index contributed by atoms with van der Waals surface area (Å²) in [7, 11) is 0. The van der Waals surface area contributed by atoms with Crippen molar-refractivity contribution in [1.82, 2.24) is 19.9 Å². The smallest absolute Gasteiger partial charge is 0.329 e. The molecule has 0 spiro atoms. The van der Waals surface area contributed by atoms with E-state index in [-0.39, 0.29) is 32.9 Å². The highest BCUT2D eigenvalue weighted by molar-refractivity contribution is 6.28. The number of rotatable bonds is 5. The van der Waals surface area contributed by atoms with Crippen molar-refractivity contribution in [1.29, 1.82) is 0 Å². The minimum atomic E-state index is -0.540. The van der Waals surface area contributed by atoms with Gasteiger partial charge in [-0.05, 0) is 34.0 Å². The van der Waals surface area contributed by atoms with E-state index in [1.54, 1.807) is 0 Å². The third-order valence-corrected chi connectivity index (χ3v) is 3.66. The number of anilines is 3. The predicted molar refractivity (Wildman–Crippen MR) is 121 cm³/mol. The highest BCUT2D eigenvalue weighted by atomic mass is 35.5. The van der Waals surface area contributed by atoms with Crippen LogP contribution in [0.5, 0.6) is 0 Å². The molecule has 2 heterocycles. The number of aromatic nitrogens is 4. The molecule has 0 aliphatic heterocycles. The lowest BCUT2D eigenvalue weighted by molar-refractivity contribution is -0.384. The Morgan fingerprint density at radius 3 is 1.83 bits per heavy atom. The molecular formula is C18H28Cl2N8O2. The summed E-state index contributed by atoms with van der Waals surface area (Å²) in [5.41, 5.74) is 6.17. The van der Waals surface area contributed by atoms with Crippen LogP contribution in [0.1, 0.15) is 41.5 Å². The van der Waals surface area contributed by atoms with Crippen LogP contribution in [0.2, 0.25) is 10.6 Å². The highest BCUT2D eigenvalue weighted by Crippen LogP contribution is 2.24. The second-order valence-corrected chi connectivity index (χ2v) is 9.58. The van der Waals surface area contributed by atoms with E-state index in [9.17, 15) is 10.1 Å². The van der Waals surface area contributed by atoms with Crippen LogP contribution in [0.3, 0.4) is 0 Å². The fourth-order valence-electron chi connectivity index (χ4n) is 1.83. The molecule has 2 aromatic rings. The Balaban J connectivity index is 0.000000303. The summed E-state index contributed by atoms with van der Waals surface area (Å²) in [6.45, 7) is 13.7. The molecule has 0 saturated heterocycles. The van der Waals surface area contributed by atoms with E-state index < -0.39 is 4.92 Å². The van der Waals surface area contributed by atoms with Gasteiger partial charge in [0, 0.05) is 13.1 Å². The van der Waals surface area contributed by atoms with E-state index in [2.05, 4.69) is 51.3 Å². The number of nitrogens with two attached hydrogens (primary N) is 1. The van der Waals surface area contributed by atoms with Crippen molar-refractivity contribution < 1.29 is 4.92 Å². The Bertz CT molecular complexity index is 866. The van der Waals surface area contributed by atoms with Gasteiger partial charge in [0.2, 0.25) is 16.4 Å². The molecule has 0 unspecified atom stereocenters. The van der Waals surface area contributed by atoms with Gasteiger partial charge in [0.25, 0.3) is 0 Å². The zero-order chi connectivity index (χ0) is 23.1. The summed E-state index contributed by atoms with van der Waals surface area (Å²) in [5, 5.41) is 16.9. The number of nitrogens with one attached hydrogen (secondary N) is 2. The van der Waals surface area contributed by atoms with Crippen molar-refractivity contribution in [3.63, 3.8) is 0 Å². The van der Waals surface area contributed by atoms with Crippen molar-refractivity contribution in [3.05, 3.63) is 33.1 Å². The maximum atomic E-state index is 10.7. The molecule has 0 fully saturated rings. The molecule has 10 nitrogen and oxygen atoms in total. The Kier molecular flexibility index (Phi) is 8.98. The van der Waals surface area contributed by atoms with Crippen LogP contribution in [0, 0.1) is 20.9 Å². The quantitative estimate of drug-likeness (QED) is 0.330. The Morgan fingerprint density at radius 2 is 1.37 bits per heavy atom. The summed E-state index contributed by atoms with van der Waals surface area (Å²) in [5.74, 6) is 0.750. The number of hydrogen-bond donors (Lipinski definition) is 3. The second-order valence-electron chi connectivity index (χ2n) is 8.90. The normalized spacial score (nSPS) is 11.3. The number of nitro groups is 1. The summed E-state index contributed by atoms with van der Waals surface area (Å²) < 4.78 is 0. The standard InChI is InChI=1S/C9H13ClN4O2.C9H15ClN4/c1-9(2,3)5-12-7-6(14(15)16)4-11-8(10)13-7;1-9(2,3)5-13-7-6(11)4-12-8(10)14-7/h4H,5H2,1-3H3,(H,11,12,13);4H,5,11H2,1-3H3,(H,12,13,14). The van der Waals surface area contributed by atoms with Gasteiger partial charge in [-0.3, -0.25) is 10.1 Å². The van der Waals surface area contributed by atoms with Gasteiger partial charge in [-0.25, -0.2) is 9.97 Å². The van der Waals surface area contributed by atoms with Crippen LogP contribution >= 0.6 is 23.2 Å². The van der Waals surface area contributed by atoms with Crippen molar-refractivity contribution >= 4 is 46.2 Å². The molecule has 0 saturated carbocycles.